The number of fused-ring (bicyclic) bond motifs is 2. The van der Waals surface area contributed by atoms with Crippen LogP contribution in [0.25, 0.3) is 11.0 Å². The number of rotatable bonds is 4. The molecule has 3 aromatic rings. The molecule has 1 atom stereocenters. The average Bonchev–Trinajstić information content (AvgIpc) is 3.08. The molecular formula is C18H23N5. The number of imidazole rings is 2. The molecule has 5 heteroatoms. The normalized spacial score (nSPS) is 17.6. The van der Waals surface area contributed by atoms with Crippen LogP contribution >= 0.6 is 0 Å². The molecule has 23 heavy (non-hydrogen) atoms. The molecule has 4 rings (SSSR count). The fourth-order valence-corrected chi connectivity index (χ4v) is 3.61. The van der Waals surface area contributed by atoms with Gasteiger partial charge in [0, 0.05) is 32.3 Å². The number of hydrogen-bond donors (Lipinski definition) is 1. The molecule has 0 radical (unpaired) electrons. The van der Waals surface area contributed by atoms with Crippen molar-refractivity contribution < 1.29 is 0 Å². The Morgan fingerprint density at radius 2 is 2.13 bits per heavy atom. The summed E-state index contributed by atoms with van der Waals surface area (Å²) in [5.41, 5.74) is 3.38. The first-order valence-electron chi connectivity index (χ1n) is 8.37. The van der Waals surface area contributed by atoms with Gasteiger partial charge < -0.3 is 14.5 Å². The first-order chi connectivity index (χ1) is 11.2. The van der Waals surface area contributed by atoms with Crippen LogP contribution in [0, 0.1) is 6.92 Å². The Labute approximate surface area is 136 Å². The van der Waals surface area contributed by atoms with E-state index in [0.29, 0.717) is 5.92 Å². The maximum Gasteiger partial charge on any atom is 0.123 e. The topological polar surface area (TPSA) is 47.7 Å². The van der Waals surface area contributed by atoms with E-state index in [1.54, 1.807) is 0 Å². The number of benzene rings is 1. The molecule has 1 aliphatic heterocycles. The second kappa shape index (κ2) is 5.81. The summed E-state index contributed by atoms with van der Waals surface area (Å²) in [6.07, 6.45) is 4.63. The van der Waals surface area contributed by atoms with Crippen molar-refractivity contribution in [2.75, 3.05) is 6.54 Å². The standard InChI is InChI=1S/C18H23N5/c1-13-12-23-9-5-6-14(18(23)20-13)10-19-11-17-21-15-7-3-4-8-16(15)22(17)2/h3-4,7-8,12,14,19H,5-6,9-11H2,1-2H3/t14-/m1/s1. The third-order valence-corrected chi connectivity index (χ3v) is 4.80. The predicted octanol–water partition coefficient (Wildman–Crippen LogP) is 2.75. The molecule has 120 valence electrons. The van der Waals surface area contributed by atoms with E-state index in [4.69, 9.17) is 9.97 Å². The van der Waals surface area contributed by atoms with Gasteiger partial charge in [-0.3, -0.25) is 0 Å². The molecule has 1 aliphatic rings. The van der Waals surface area contributed by atoms with Gasteiger partial charge >= 0.3 is 0 Å². The van der Waals surface area contributed by atoms with E-state index in [0.717, 1.165) is 36.7 Å². The van der Waals surface area contributed by atoms with Crippen LogP contribution in [0.15, 0.2) is 30.5 Å². The number of nitrogens with zero attached hydrogens (tertiary/aromatic N) is 4. The Kier molecular flexibility index (Phi) is 3.65. The quantitative estimate of drug-likeness (QED) is 0.806. The highest BCUT2D eigenvalue weighted by atomic mass is 15.1. The SMILES string of the molecule is Cc1cn2c(n1)[C@@H](CNCc1nc3ccccc3n1C)CCC2. The molecule has 0 saturated heterocycles. The Balaban J connectivity index is 1.45. The van der Waals surface area contributed by atoms with E-state index in [-0.39, 0.29) is 0 Å². The van der Waals surface area contributed by atoms with E-state index in [1.807, 2.05) is 6.07 Å². The van der Waals surface area contributed by atoms with E-state index >= 15 is 0 Å². The third kappa shape index (κ3) is 2.65. The van der Waals surface area contributed by atoms with E-state index in [2.05, 4.69) is 52.8 Å². The summed E-state index contributed by atoms with van der Waals surface area (Å²) in [5.74, 6) is 2.83. The molecular weight excluding hydrogens is 286 g/mol. The highest BCUT2D eigenvalue weighted by Gasteiger charge is 2.22. The van der Waals surface area contributed by atoms with E-state index in [9.17, 15) is 0 Å². The van der Waals surface area contributed by atoms with Crippen LogP contribution in [-0.4, -0.2) is 25.6 Å². The van der Waals surface area contributed by atoms with Crippen molar-refractivity contribution >= 4 is 11.0 Å². The fraction of sp³-hybridized carbons (Fsp3) is 0.444. The van der Waals surface area contributed by atoms with Crippen LogP contribution in [0.2, 0.25) is 0 Å². The average molecular weight is 309 g/mol. The fourth-order valence-electron chi connectivity index (χ4n) is 3.61. The van der Waals surface area contributed by atoms with Crippen molar-refractivity contribution in [2.45, 2.75) is 38.8 Å². The minimum Gasteiger partial charge on any atom is -0.334 e. The number of para-hydroxylation sites is 2. The summed E-state index contributed by atoms with van der Waals surface area (Å²) in [6.45, 7) is 4.94. The van der Waals surface area contributed by atoms with Crippen LogP contribution in [-0.2, 0) is 20.1 Å². The lowest BCUT2D eigenvalue weighted by atomic mass is 9.99. The molecule has 0 bridgehead atoms. The third-order valence-electron chi connectivity index (χ3n) is 4.80. The van der Waals surface area contributed by atoms with Crippen molar-refractivity contribution in [3.05, 3.63) is 47.8 Å². The summed E-state index contributed by atoms with van der Waals surface area (Å²) < 4.78 is 4.49. The largest absolute Gasteiger partial charge is 0.334 e. The summed E-state index contributed by atoms with van der Waals surface area (Å²) in [7, 11) is 2.09. The van der Waals surface area contributed by atoms with Crippen molar-refractivity contribution in [1.82, 2.24) is 24.4 Å². The lowest BCUT2D eigenvalue weighted by Crippen LogP contribution is -2.27. The number of aryl methyl sites for hydroxylation is 3. The predicted molar refractivity (Wildman–Crippen MR) is 91.4 cm³/mol. The second-order valence-corrected chi connectivity index (χ2v) is 6.48. The molecule has 0 amide bonds. The lowest BCUT2D eigenvalue weighted by Gasteiger charge is -2.23. The maximum atomic E-state index is 4.72. The van der Waals surface area contributed by atoms with Gasteiger partial charge in [0.05, 0.1) is 23.3 Å². The Hall–Kier alpha value is -2.14. The van der Waals surface area contributed by atoms with Crippen molar-refractivity contribution in [2.24, 2.45) is 7.05 Å². The molecule has 0 fully saturated rings. The van der Waals surface area contributed by atoms with Gasteiger partial charge in [-0.15, -0.1) is 0 Å². The zero-order chi connectivity index (χ0) is 15.8. The molecule has 2 aromatic heterocycles. The van der Waals surface area contributed by atoms with Gasteiger partial charge in [-0.25, -0.2) is 9.97 Å². The molecule has 5 nitrogen and oxygen atoms in total. The summed E-state index contributed by atoms with van der Waals surface area (Å²) >= 11 is 0. The van der Waals surface area contributed by atoms with Crippen LogP contribution in [0.4, 0.5) is 0 Å². The van der Waals surface area contributed by atoms with Crippen LogP contribution in [0.3, 0.4) is 0 Å². The molecule has 1 aromatic carbocycles. The van der Waals surface area contributed by atoms with Gasteiger partial charge in [0.1, 0.15) is 11.6 Å². The number of hydrogen-bond acceptors (Lipinski definition) is 3. The Morgan fingerprint density at radius 3 is 3.00 bits per heavy atom. The highest BCUT2D eigenvalue weighted by molar-refractivity contribution is 5.75. The monoisotopic (exact) mass is 309 g/mol. The molecule has 0 spiro atoms. The van der Waals surface area contributed by atoms with Gasteiger partial charge in [0.2, 0.25) is 0 Å². The second-order valence-electron chi connectivity index (χ2n) is 6.48. The number of nitrogens with one attached hydrogen (secondary N) is 1. The number of aromatic nitrogens is 4. The first kappa shape index (κ1) is 14.5. The van der Waals surface area contributed by atoms with E-state index in [1.165, 1.54) is 24.2 Å². The van der Waals surface area contributed by atoms with E-state index < -0.39 is 0 Å². The zero-order valence-electron chi connectivity index (χ0n) is 13.8. The van der Waals surface area contributed by atoms with Crippen molar-refractivity contribution in [3.8, 4) is 0 Å². The molecule has 1 N–H and O–H groups in total. The van der Waals surface area contributed by atoms with Gasteiger partial charge in [-0.2, -0.15) is 0 Å². The van der Waals surface area contributed by atoms with Crippen LogP contribution in [0.5, 0.6) is 0 Å². The van der Waals surface area contributed by atoms with Crippen LogP contribution in [0.1, 0.15) is 36.1 Å². The lowest BCUT2D eigenvalue weighted by molar-refractivity contribution is 0.420. The van der Waals surface area contributed by atoms with Gasteiger partial charge in [-0.1, -0.05) is 12.1 Å². The summed E-state index contributed by atoms with van der Waals surface area (Å²) in [6, 6.07) is 8.29. The first-order valence-corrected chi connectivity index (χ1v) is 8.37. The molecule has 0 unspecified atom stereocenters. The van der Waals surface area contributed by atoms with Crippen LogP contribution < -0.4 is 5.32 Å². The highest BCUT2D eigenvalue weighted by Crippen LogP contribution is 2.26. The van der Waals surface area contributed by atoms with Gasteiger partial charge in [0.15, 0.2) is 0 Å². The zero-order valence-corrected chi connectivity index (χ0v) is 13.8. The molecule has 0 aliphatic carbocycles. The van der Waals surface area contributed by atoms with Crippen molar-refractivity contribution in [1.29, 1.82) is 0 Å². The minimum absolute atomic E-state index is 0.507. The molecule has 3 heterocycles. The van der Waals surface area contributed by atoms with Crippen molar-refractivity contribution in [3.63, 3.8) is 0 Å². The summed E-state index contributed by atoms with van der Waals surface area (Å²) in [4.78, 5) is 9.44. The van der Waals surface area contributed by atoms with Gasteiger partial charge in [0.25, 0.3) is 0 Å². The van der Waals surface area contributed by atoms with Gasteiger partial charge in [-0.05, 0) is 31.9 Å². The maximum absolute atomic E-state index is 4.72. The Bertz CT molecular complexity index is 829. The summed E-state index contributed by atoms with van der Waals surface area (Å²) in [5, 5.41) is 3.59. The smallest absolute Gasteiger partial charge is 0.123 e. The minimum atomic E-state index is 0.507. The molecule has 0 saturated carbocycles. The Morgan fingerprint density at radius 1 is 1.26 bits per heavy atom.